The number of carbonyl (C=O) groups excluding carboxylic acids is 1. The summed E-state index contributed by atoms with van der Waals surface area (Å²) >= 11 is 6.14. The quantitative estimate of drug-likeness (QED) is 0.634. The van der Waals surface area contributed by atoms with Gasteiger partial charge in [-0.25, -0.2) is 0 Å². The first-order valence-corrected chi connectivity index (χ1v) is 7.83. The lowest BCUT2D eigenvalue weighted by Gasteiger charge is -2.19. The average molecular weight is 316 g/mol. The fourth-order valence-corrected chi connectivity index (χ4v) is 2.60. The van der Waals surface area contributed by atoms with Gasteiger partial charge in [-0.15, -0.1) is 0 Å². The maximum atomic E-state index is 12.3. The Morgan fingerprint density at radius 2 is 1.73 bits per heavy atom. The molecule has 0 fully saturated rings. The van der Waals surface area contributed by atoms with Crippen LogP contribution < -0.4 is 5.73 Å². The number of anilines is 1. The highest BCUT2D eigenvalue weighted by Crippen LogP contribution is 2.24. The molecule has 0 atom stereocenters. The smallest absolute Gasteiger partial charge is 0.163 e. The van der Waals surface area contributed by atoms with E-state index in [0.29, 0.717) is 23.6 Å². The highest BCUT2D eigenvalue weighted by Gasteiger charge is 2.14. The molecule has 2 aromatic rings. The first-order chi connectivity index (χ1) is 10.3. The van der Waals surface area contributed by atoms with E-state index in [9.17, 15) is 4.79 Å². The second-order valence-electron chi connectivity index (χ2n) is 6.60. The zero-order chi connectivity index (χ0) is 16.3. The van der Waals surface area contributed by atoms with E-state index >= 15 is 0 Å². The van der Waals surface area contributed by atoms with Crippen molar-refractivity contribution in [1.29, 1.82) is 0 Å². The fraction of sp³-hybridized carbons (Fsp3) is 0.316. The Morgan fingerprint density at radius 3 is 2.27 bits per heavy atom. The van der Waals surface area contributed by atoms with Gasteiger partial charge < -0.3 is 5.73 Å². The molecular formula is C19H22ClNO. The molecule has 0 aliphatic rings. The molecule has 22 heavy (non-hydrogen) atoms. The summed E-state index contributed by atoms with van der Waals surface area (Å²) in [7, 11) is 0. The molecule has 2 N–H and O–H groups in total. The van der Waals surface area contributed by atoms with Gasteiger partial charge >= 0.3 is 0 Å². The lowest BCUT2D eigenvalue weighted by molar-refractivity contribution is 0.0983. The van der Waals surface area contributed by atoms with Gasteiger partial charge in [-0.3, -0.25) is 4.79 Å². The second kappa shape index (κ2) is 6.53. The predicted molar refractivity (Wildman–Crippen MR) is 93.7 cm³/mol. The van der Waals surface area contributed by atoms with E-state index in [1.165, 1.54) is 5.56 Å². The van der Waals surface area contributed by atoms with Crippen molar-refractivity contribution in [3.63, 3.8) is 0 Å². The zero-order valence-corrected chi connectivity index (χ0v) is 14.1. The number of ketones is 1. The summed E-state index contributed by atoms with van der Waals surface area (Å²) in [5.74, 6) is 0.133. The molecule has 0 unspecified atom stereocenters. The third-order valence-corrected chi connectivity index (χ3v) is 4.12. The fourth-order valence-electron chi connectivity index (χ4n) is 2.31. The number of hydrogen-bond donors (Lipinski definition) is 1. The monoisotopic (exact) mass is 315 g/mol. The molecule has 116 valence electrons. The second-order valence-corrected chi connectivity index (χ2v) is 7.01. The number of aryl methyl sites for hydroxylation is 1. The number of rotatable bonds is 4. The van der Waals surface area contributed by atoms with Crippen LogP contribution in [0.4, 0.5) is 5.69 Å². The summed E-state index contributed by atoms with van der Waals surface area (Å²) in [5, 5.41) is 0.621. The van der Waals surface area contributed by atoms with Gasteiger partial charge in [0.1, 0.15) is 0 Å². The number of halogens is 1. The number of nitrogens with two attached hydrogens (primary N) is 1. The summed E-state index contributed by atoms with van der Waals surface area (Å²) in [6.07, 6.45) is 1.07. The van der Waals surface area contributed by atoms with Crippen molar-refractivity contribution in [1.82, 2.24) is 0 Å². The topological polar surface area (TPSA) is 43.1 Å². The normalized spacial score (nSPS) is 11.5. The van der Waals surface area contributed by atoms with Gasteiger partial charge in [0.05, 0.1) is 0 Å². The number of nitrogen functional groups attached to an aromatic ring is 1. The van der Waals surface area contributed by atoms with E-state index in [1.807, 2.05) is 36.4 Å². The Bertz CT molecular complexity index is 669. The number of carbonyl (C=O) groups is 1. The van der Waals surface area contributed by atoms with Crippen LogP contribution in [-0.2, 0) is 11.8 Å². The summed E-state index contributed by atoms with van der Waals surface area (Å²) < 4.78 is 0. The van der Waals surface area contributed by atoms with Crippen LogP contribution in [0, 0.1) is 0 Å². The molecule has 2 nitrogen and oxygen atoms in total. The molecule has 2 rings (SSSR count). The van der Waals surface area contributed by atoms with Crippen LogP contribution in [0.15, 0.2) is 42.5 Å². The molecule has 0 radical (unpaired) electrons. The lowest BCUT2D eigenvalue weighted by Crippen LogP contribution is -2.11. The summed E-state index contributed by atoms with van der Waals surface area (Å²) in [5.41, 5.74) is 9.34. The third-order valence-electron chi connectivity index (χ3n) is 3.77. The highest BCUT2D eigenvalue weighted by atomic mass is 35.5. The van der Waals surface area contributed by atoms with Crippen molar-refractivity contribution in [3.8, 4) is 0 Å². The number of Topliss-reactive ketones (excluding diaryl/α,β-unsaturated/α-hetero) is 1. The van der Waals surface area contributed by atoms with E-state index in [1.54, 1.807) is 6.07 Å². The molecule has 0 aromatic heterocycles. The van der Waals surface area contributed by atoms with Gasteiger partial charge in [-0.2, -0.15) is 0 Å². The van der Waals surface area contributed by atoms with E-state index in [2.05, 4.69) is 20.8 Å². The molecule has 0 aliphatic heterocycles. The van der Waals surface area contributed by atoms with Gasteiger partial charge in [0.15, 0.2) is 5.78 Å². The Hall–Kier alpha value is -1.80. The molecule has 0 saturated carbocycles. The average Bonchev–Trinajstić information content (AvgIpc) is 2.45. The molecule has 0 bridgehead atoms. The Kier molecular flexibility index (Phi) is 4.92. The molecule has 0 spiro atoms. The van der Waals surface area contributed by atoms with Crippen LogP contribution in [0.2, 0.25) is 5.02 Å². The van der Waals surface area contributed by atoms with Crippen molar-refractivity contribution < 1.29 is 4.79 Å². The van der Waals surface area contributed by atoms with Crippen LogP contribution >= 0.6 is 11.6 Å². The molecule has 3 heteroatoms. The standard InChI is InChI=1S/C19H22ClNO/c1-19(2,3)15-8-4-14(5-9-15)18(22)11-7-13-6-10-16(21)12-17(13)20/h4-6,8-10,12H,7,11,21H2,1-3H3. The number of benzene rings is 2. The summed E-state index contributed by atoms with van der Waals surface area (Å²) in [6, 6.07) is 13.3. The first kappa shape index (κ1) is 16.6. The van der Waals surface area contributed by atoms with E-state index in [4.69, 9.17) is 17.3 Å². The van der Waals surface area contributed by atoms with Crippen molar-refractivity contribution in [2.75, 3.05) is 5.73 Å². The minimum atomic E-state index is 0.0963. The molecule has 2 aromatic carbocycles. The molecule has 0 aliphatic carbocycles. The molecule has 0 heterocycles. The predicted octanol–water partition coefficient (Wildman–Crippen LogP) is 5.04. The third kappa shape index (κ3) is 4.11. The van der Waals surface area contributed by atoms with Crippen LogP contribution in [0.3, 0.4) is 0 Å². The Balaban J connectivity index is 2.03. The minimum absolute atomic E-state index is 0.0963. The maximum Gasteiger partial charge on any atom is 0.163 e. The van der Waals surface area contributed by atoms with Crippen LogP contribution in [-0.4, -0.2) is 5.78 Å². The van der Waals surface area contributed by atoms with Crippen LogP contribution in [0.1, 0.15) is 48.7 Å². The number of hydrogen-bond acceptors (Lipinski definition) is 2. The highest BCUT2D eigenvalue weighted by molar-refractivity contribution is 6.31. The van der Waals surface area contributed by atoms with Crippen LogP contribution in [0.25, 0.3) is 0 Å². The van der Waals surface area contributed by atoms with Gasteiger partial charge in [0.25, 0.3) is 0 Å². The van der Waals surface area contributed by atoms with Crippen molar-refractivity contribution in [2.45, 2.75) is 39.0 Å². The first-order valence-electron chi connectivity index (χ1n) is 7.45. The Morgan fingerprint density at radius 1 is 1.09 bits per heavy atom. The Labute approximate surface area is 137 Å². The lowest BCUT2D eigenvalue weighted by atomic mass is 9.86. The van der Waals surface area contributed by atoms with Crippen molar-refractivity contribution in [2.24, 2.45) is 0 Å². The zero-order valence-electron chi connectivity index (χ0n) is 13.3. The van der Waals surface area contributed by atoms with Gasteiger partial charge in [0.2, 0.25) is 0 Å². The van der Waals surface area contributed by atoms with Gasteiger partial charge in [-0.1, -0.05) is 62.7 Å². The SMILES string of the molecule is CC(C)(C)c1ccc(C(=O)CCc2ccc(N)cc2Cl)cc1. The van der Waals surface area contributed by atoms with Gasteiger partial charge in [-0.05, 0) is 35.1 Å². The summed E-state index contributed by atoms with van der Waals surface area (Å²) in [4.78, 5) is 12.3. The summed E-state index contributed by atoms with van der Waals surface area (Å²) in [6.45, 7) is 6.48. The molecular weight excluding hydrogens is 294 g/mol. The minimum Gasteiger partial charge on any atom is -0.399 e. The van der Waals surface area contributed by atoms with Crippen LogP contribution in [0.5, 0.6) is 0 Å². The maximum absolute atomic E-state index is 12.3. The van der Waals surface area contributed by atoms with E-state index < -0.39 is 0 Å². The van der Waals surface area contributed by atoms with E-state index in [-0.39, 0.29) is 11.2 Å². The molecule has 0 amide bonds. The largest absolute Gasteiger partial charge is 0.399 e. The van der Waals surface area contributed by atoms with Gasteiger partial charge in [0, 0.05) is 22.7 Å². The van der Waals surface area contributed by atoms with Crippen molar-refractivity contribution >= 4 is 23.1 Å². The van der Waals surface area contributed by atoms with Crippen molar-refractivity contribution in [3.05, 3.63) is 64.2 Å². The molecule has 0 saturated heterocycles. The van der Waals surface area contributed by atoms with E-state index in [0.717, 1.165) is 11.1 Å².